The topological polar surface area (TPSA) is 33.1 Å². The number of aryl methyl sites for hydroxylation is 2. The van der Waals surface area contributed by atoms with Crippen molar-refractivity contribution >= 4 is 0 Å². The summed E-state index contributed by atoms with van der Waals surface area (Å²) >= 11 is 0. The van der Waals surface area contributed by atoms with Crippen LogP contribution in [-0.2, 0) is 13.5 Å². The van der Waals surface area contributed by atoms with E-state index in [0.717, 1.165) is 19.4 Å². The summed E-state index contributed by atoms with van der Waals surface area (Å²) in [7, 11) is 6.58. The van der Waals surface area contributed by atoms with Crippen molar-refractivity contribution in [1.29, 1.82) is 0 Å². The second-order valence-corrected chi connectivity index (χ2v) is 6.31. The second-order valence-electron chi connectivity index (χ2n) is 6.31. The number of likely N-dealkylation sites (N-methyl/N-ethyl adjacent to an activating group) is 2. The summed E-state index contributed by atoms with van der Waals surface area (Å²) in [5.74, 6) is 1.19. The van der Waals surface area contributed by atoms with E-state index in [1.165, 1.54) is 31.5 Å². The Morgan fingerprint density at radius 2 is 2.10 bits per heavy atom. The summed E-state index contributed by atoms with van der Waals surface area (Å²) in [6.07, 6.45) is 11.5. The first kappa shape index (κ1) is 15.5. The minimum atomic E-state index is 0.334. The van der Waals surface area contributed by atoms with Gasteiger partial charge < -0.3 is 14.8 Å². The number of nitrogens with one attached hydrogen (secondary N) is 1. The fraction of sp³-hybridized carbons (Fsp3) is 0.812. The van der Waals surface area contributed by atoms with Gasteiger partial charge in [-0.2, -0.15) is 0 Å². The predicted octanol–water partition coefficient (Wildman–Crippen LogP) is 2.21. The monoisotopic (exact) mass is 278 g/mol. The van der Waals surface area contributed by atoms with E-state index in [1.807, 2.05) is 12.4 Å². The van der Waals surface area contributed by atoms with Crippen molar-refractivity contribution in [3.8, 4) is 0 Å². The molecule has 114 valence electrons. The van der Waals surface area contributed by atoms with Crippen molar-refractivity contribution in [3.63, 3.8) is 0 Å². The smallest absolute Gasteiger partial charge is 0.108 e. The maximum atomic E-state index is 4.46. The Morgan fingerprint density at radius 1 is 1.40 bits per heavy atom. The Morgan fingerprint density at radius 3 is 2.60 bits per heavy atom. The largest absolute Gasteiger partial charge is 0.338 e. The zero-order chi connectivity index (χ0) is 14.6. The van der Waals surface area contributed by atoms with Gasteiger partial charge >= 0.3 is 0 Å². The maximum absolute atomic E-state index is 4.46. The molecular formula is C16H30N4. The average Bonchev–Trinajstić information content (AvgIpc) is 3.04. The van der Waals surface area contributed by atoms with Crippen molar-refractivity contribution in [2.75, 3.05) is 20.6 Å². The Bertz CT molecular complexity index is 404. The minimum Gasteiger partial charge on any atom is -0.338 e. The van der Waals surface area contributed by atoms with Gasteiger partial charge in [0.05, 0.1) is 0 Å². The zero-order valence-electron chi connectivity index (χ0n) is 13.5. The standard InChI is InChI=1S/C16H30N4/c1-5-17-14(8-9-15-18-12-13-20(15)4)16(19(2)3)10-6-7-11-16/h12-14,17H,5-11H2,1-4H3. The second kappa shape index (κ2) is 6.72. The molecule has 1 heterocycles. The van der Waals surface area contributed by atoms with Crippen molar-refractivity contribution in [1.82, 2.24) is 19.8 Å². The van der Waals surface area contributed by atoms with Crippen LogP contribution in [0.25, 0.3) is 0 Å². The van der Waals surface area contributed by atoms with Crippen LogP contribution in [0, 0.1) is 0 Å². The van der Waals surface area contributed by atoms with Crippen LogP contribution >= 0.6 is 0 Å². The molecule has 0 spiro atoms. The van der Waals surface area contributed by atoms with Gasteiger partial charge in [0.15, 0.2) is 0 Å². The summed E-state index contributed by atoms with van der Waals surface area (Å²) in [4.78, 5) is 6.93. The highest BCUT2D eigenvalue weighted by molar-refractivity contribution is 5.03. The van der Waals surface area contributed by atoms with E-state index in [4.69, 9.17) is 0 Å². The lowest BCUT2D eigenvalue weighted by molar-refractivity contribution is 0.100. The van der Waals surface area contributed by atoms with E-state index in [0.29, 0.717) is 11.6 Å². The van der Waals surface area contributed by atoms with Gasteiger partial charge in [-0.15, -0.1) is 0 Å². The highest BCUT2D eigenvalue weighted by Gasteiger charge is 2.42. The van der Waals surface area contributed by atoms with E-state index in [-0.39, 0.29) is 0 Å². The van der Waals surface area contributed by atoms with Gasteiger partial charge in [-0.05, 0) is 39.9 Å². The average molecular weight is 278 g/mol. The molecule has 0 bridgehead atoms. The van der Waals surface area contributed by atoms with E-state index >= 15 is 0 Å². The number of nitrogens with zero attached hydrogens (tertiary/aromatic N) is 3. The van der Waals surface area contributed by atoms with Crippen molar-refractivity contribution < 1.29 is 0 Å². The lowest BCUT2D eigenvalue weighted by Gasteiger charge is -2.44. The first-order valence-electron chi connectivity index (χ1n) is 7.97. The third-order valence-corrected chi connectivity index (χ3v) is 5.04. The van der Waals surface area contributed by atoms with Gasteiger partial charge in [-0.3, -0.25) is 0 Å². The van der Waals surface area contributed by atoms with E-state index < -0.39 is 0 Å². The molecule has 1 saturated carbocycles. The Balaban J connectivity index is 2.07. The molecule has 1 atom stereocenters. The normalized spacial score (nSPS) is 19.6. The molecule has 1 aliphatic rings. The van der Waals surface area contributed by atoms with Crippen LogP contribution in [0.5, 0.6) is 0 Å². The molecule has 1 aromatic rings. The molecule has 1 unspecified atom stereocenters. The first-order chi connectivity index (χ1) is 9.60. The van der Waals surface area contributed by atoms with Crippen molar-refractivity contribution in [2.45, 2.75) is 57.0 Å². The molecule has 1 fully saturated rings. The molecule has 4 nitrogen and oxygen atoms in total. The highest BCUT2D eigenvalue weighted by atomic mass is 15.2. The van der Waals surface area contributed by atoms with Crippen molar-refractivity contribution in [2.24, 2.45) is 7.05 Å². The van der Waals surface area contributed by atoms with Gasteiger partial charge in [0.1, 0.15) is 5.82 Å². The van der Waals surface area contributed by atoms with E-state index in [1.54, 1.807) is 0 Å². The quantitative estimate of drug-likeness (QED) is 0.830. The zero-order valence-corrected chi connectivity index (χ0v) is 13.5. The van der Waals surface area contributed by atoms with Crippen LogP contribution in [0.3, 0.4) is 0 Å². The van der Waals surface area contributed by atoms with Crippen LogP contribution in [0.15, 0.2) is 12.4 Å². The maximum Gasteiger partial charge on any atom is 0.108 e. The van der Waals surface area contributed by atoms with Crippen LogP contribution in [-0.4, -0.2) is 46.7 Å². The summed E-state index contributed by atoms with van der Waals surface area (Å²) in [6.45, 7) is 3.26. The fourth-order valence-corrected chi connectivity index (χ4v) is 3.81. The van der Waals surface area contributed by atoms with Crippen LogP contribution in [0.1, 0.15) is 44.9 Å². The van der Waals surface area contributed by atoms with E-state index in [9.17, 15) is 0 Å². The molecule has 0 radical (unpaired) electrons. The first-order valence-corrected chi connectivity index (χ1v) is 7.97. The number of rotatable bonds is 7. The fourth-order valence-electron chi connectivity index (χ4n) is 3.81. The highest BCUT2D eigenvalue weighted by Crippen LogP contribution is 2.38. The Hall–Kier alpha value is -0.870. The van der Waals surface area contributed by atoms with Gasteiger partial charge in [0, 0.05) is 37.4 Å². The van der Waals surface area contributed by atoms with Crippen LogP contribution < -0.4 is 5.32 Å². The SMILES string of the molecule is CCNC(CCc1nccn1C)C1(N(C)C)CCCC1. The molecule has 0 amide bonds. The number of aromatic nitrogens is 2. The van der Waals surface area contributed by atoms with Crippen molar-refractivity contribution in [3.05, 3.63) is 18.2 Å². The van der Waals surface area contributed by atoms with E-state index in [2.05, 4.69) is 47.8 Å². The molecular weight excluding hydrogens is 248 g/mol. The predicted molar refractivity (Wildman–Crippen MR) is 83.9 cm³/mol. The molecule has 0 aliphatic heterocycles. The molecule has 2 rings (SSSR count). The summed E-state index contributed by atoms with van der Waals surface area (Å²) in [5.41, 5.74) is 0.334. The number of hydrogen-bond acceptors (Lipinski definition) is 3. The molecule has 0 saturated heterocycles. The molecule has 0 aromatic carbocycles. The van der Waals surface area contributed by atoms with Gasteiger partial charge in [0.2, 0.25) is 0 Å². The Kier molecular flexibility index (Phi) is 5.22. The molecule has 4 heteroatoms. The Labute approximate surface area is 123 Å². The number of hydrogen-bond donors (Lipinski definition) is 1. The summed E-state index contributed by atoms with van der Waals surface area (Å²) in [5, 5.41) is 3.75. The minimum absolute atomic E-state index is 0.334. The summed E-state index contributed by atoms with van der Waals surface area (Å²) in [6, 6.07) is 0.557. The molecule has 1 aromatic heterocycles. The molecule has 20 heavy (non-hydrogen) atoms. The van der Waals surface area contributed by atoms with Gasteiger partial charge in [-0.1, -0.05) is 19.8 Å². The summed E-state index contributed by atoms with van der Waals surface area (Å²) < 4.78 is 2.14. The third kappa shape index (κ3) is 3.07. The van der Waals surface area contributed by atoms with Crippen LogP contribution in [0.4, 0.5) is 0 Å². The van der Waals surface area contributed by atoms with Crippen LogP contribution in [0.2, 0.25) is 0 Å². The lowest BCUT2D eigenvalue weighted by Crippen LogP contribution is -2.57. The van der Waals surface area contributed by atoms with Gasteiger partial charge in [-0.25, -0.2) is 4.98 Å². The lowest BCUT2D eigenvalue weighted by atomic mass is 9.84. The molecule has 1 aliphatic carbocycles. The number of imidazole rings is 1. The molecule has 1 N–H and O–H groups in total. The van der Waals surface area contributed by atoms with Gasteiger partial charge in [0.25, 0.3) is 0 Å². The third-order valence-electron chi connectivity index (χ3n) is 5.04.